The highest BCUT2D eigenvalue weighted by Crippen LogP contribution is 2.39. The number of rotatable bonds is 8. The summed E-state index contributed by atoms with van der Waals surface area (Å²) in [6, 6.07) is 12.9. The van der Waals surface area contributed by atoms with Crippen molar-refractivity contribution in [2.24, 2.45) is 5.92 Å². The molecule has 2 aromatic rings. The molecule has 2 aliphatic heterocycles. The van der Waals surface area contributed by atoms with Crippen molar-refractivity contribution < 1.29 is 23.9 Å². The number of hydrogen-bond donors (Lipinski definition) is 2. The molecule has 2 heterocycles. The van der Waals surface area contributed by atoms with E-state index < -0.39 is 29.5 Å². The van der Waals surface area contributed by atoms with E-state index in [1.807, 2.05) is 35.2 Å². The molecule has 1 spiro atoms. The number of carbonyl (C=O) groups is 4. The van der Waals surface area contributed by atoms with Gasteiger partial charge >= 0.3 is 12.0 Å². The molecule has 0 aliphatic carbocycles. The molecule has 10 nitrogen and oxygen atoms in total. The maximum absolute atomic E-state index is 13.7. The van der Waals surface area contributed by atoms with Gasteiger partial charge in [-0.15, -0.1) is 0 Å². The first kappa shape index (κ1) is 30.5. The third kappa shape index (κ3) is 6.54. The van der Waals surface area contributed by atoms with Crippen LogP contribution in [0.1, 0.15) is 37.0 Å². The number of methoxy groups -OCH3 is 1. The van der Waals surface area contributed by atoms with Crippen molar-refractivity contribution in [2.45, 2.75) is 38.3 Å². The van der Waals surface area contributed by atoms with Gasteiger partial charge in [-0.05, 0) is 43.0 Å². The number of anilines is 1. The van der Waals surface area contributed by atoms with E-state index in [0.29, 0.717) is 45.1 Å². The summed E-state index contributed by atoms with van der Waals surface area (Å²) in [5, 5.41) is 5.51. The molecule has 0 bridgehead atoms. The van der Waals surface area contributed by atoms with Gasteiger partial charge in [-0.1, -0.05) is 61.3 Å². The van der Waals surface area contributed by atoms with Crippen molar-refractivity contribution >= 4 is 52.7 Å². The van der Waals surface area contributed by atoms with Crippen LogP contribution in [0.25, 0.3) is 0 Å². The third-order valence-corrected chi connectivity index (χ3v) is 8.11. The van der Waals surface area contributed by atoms with Gasteiger partial charge in [0, 0.05) is 25.3 Å². The SMILES string of the molecule is COC(=O)[C@H](CNC(=O)N1CCC2(CC1)C(=O)N(CC(C)C)CN2c1ccccc1)NC(=O)c1c(Cl)cccc1Cl. The third-order valence-electron chi connectivity index (χ3n) is 7.48. The van der Waals surface area contributed by atoms with E-state index in [1.54, 1.807) is 11.0 Å². The lowest BCUT2D eigenvalue weighted by atomic mass is 9.85. The number of carbonyl (C=O) groups excluding carboxylic acids is 4. The second-order valence-electron chi connectivity index (χ2n) is 10.7. The van der Waals surface area contributed by atoms with Crippen LogP contribution in [-0.2, 0) is 14.3 Å². The number of esters is 1. The quantitative estimate of drug-likeness (QED) is 0.444. The summed E-state index contributed by atoms with van der Waals surface area (Å²) in [5.41, 5.74) is 0.262. The van der Waals surface area contributed by atoms with Crippen molar-refractivity contribution in [3.05, 3.63) is 64.1 Å². The molecular weight excluding hydrogens is 569 g/mol. The molecule has 1 atom stereocenters. The van der Waals surface area contributed by atoms with Gasteiger partial charge in [-0.25, -0.2) is 9.59 Å². The molecule has 4 amide bonds. The smallest absolute Gasteiger partial charge is 0.330 e. The van der Waals surface area contributed by atoms with Crippen molar-refractivity contribution in [1.82, 2.24) is 20.4 Å². The molecule has 41 heavy (non-hydrogen) atoms. The van der Waals surface area contributed by atoms with E-state index >= 15 is 0 Å². The number of ether oxygens (including phenoxy) is 1. The number of nitrogens with one attached hydrogen (secondary N) is 2. The normalized spacial score (nSPS) is 17.1. The average Bonchev–Trinajstić information content (AvgIpc) is 3.21. The van der Waals surface area contributed by atoms with Gasteiger partial charge in [0.05, 0.1) is 35.9 Å². The molecule has 4 rings (SSSR count). The van der Waals surface area contributed by atoms with Gasteiger partial charge in [-0.2, -0.15) is 0 Å². The summed E-state index contributed by atoms with van der Waals surface area (Å²) in [4.78, 5) is 57.8. The zero-order valence-corrected chi connectivity index (χ0v) is 24.9. The number of halogens is 2. The van der Waals surface area contributed by atoms with Crippen LogP contribution < -0.4 is 15.5 Å². The van der Waals surface area contributed by atoms with E-state index in [9.17, 15) is 19.2 Å². The summed E-state index contributed by atoms with van der Waals surface area (Å²) in [6.07, 6.45) is 0.926. The van der Waals surface area contributed by atoms with Gasteiger partial charge in [0.25, 0.3) is 5.91 Å². The number of amides is 4. The second-order valence-corrected chi connectivity index (χ2v) is 11.5. The minimum Gasteiger partial charge on any atom is -0.467 e. The molecule has 0 unspecified atom stereocenters. The van der Waals surface area contributed by atoms with E-state index in [4.69, 9.17) is 27.9 Å². The van der Waals surface area contributed by atoms with Crippen molar-refractivity contribution in [2.75, 3.05) is 44.9 Å². The number of likely N-dealkylation sites (tertiary alicyclic amines) is 1. The number of urea groups is 1. The van der Waals surface area contributed by atoms with Gasteiger partial charge in [0.2, 0.25) is 5.91 Å². The zero-order chi connectivity index (χ0) is 29.7. The minimum absolute atomic E-state index is 0.0214. The number of nitrogens with zero attached hydrogens (tertiary/aromatic N) is 3. The van der Waals surface area contributed by atoms with E-state index in [0.717, 1.165) is 5.69 Å². The Kier molecular flexibility index (Phi) is 9.65. The molecule has 2 fully saturated rings. The highest BCUT2D eigenvalue weighted by Gasteiger charge is 2.54. The van der Waals surface area contributed by atoms with E-state index in [2.05, 4.69) is 29.4 Å². The first-order valence-corrected chi connectivity index (χ1v) is 14.3. The van der Waals surface area contributed by atoms with Crippen LogP contribution in [-0.4, -0.2) is 85.2 Å². The van der Waals surface area contributed by atoms with E-state index in [-0.39, 0.29) is 28.1 Å². The Labute approximate surface area is 249 Å². The molecule has 220 valence electrons. The number of piperidine rings is 1. The lowest BCUT2D eigenvalue weighted by molar-refractivity contribution is -0.142. The zero-order valence-electron chi connectivity index (χ0n) is 23.4. The Bertz CT molecular complexity index is 1260. The van der Waals surface area contributed by atoms with Crippen LogP contribution in [0.2, 0.25) is 10.0 Å². The number of benzene rings is 2. The number of para-hydroxylation sites is 1. The monoisotopic (exact) mass is 603 g/mol. The van der Waals surface area contributed by atoms with Gasteiger partial charge in [0.1, 0.15) is 11.6 Å². The molecule has 12 heteroatoms. The van der Waals surface area contributed by atoms with Crippen LogP contribution in [0.4, 0.5) is 10.5 Å². The predicted molar refractivity (Wildman–Crippen MR) is 157 cm³/mol. The van der Waals surface area contributed by atoms with Crippen molar-refractivity contribution in [3.63, 3.8) is 0 Å². The molecule has 2 aliphatic rings. The summed E-state index contributed by atoms with van der Waals surface area (Å²) >= 11 is 12.3. The summed E-state index contributed by atoms with van der Waals surface area (Å²) in [6.45, 7) is 5.83. The molecule has 0 radical (unpaired) electrons. The van der Waals surface area contributed by atoms with Gasteiger partial charge in [0.15, 0.2) is 0 Å². The Hall–Kier alpha value is -3.50. The largest absolute Gasteiger partial charge is 0.467 e. The summed E-state index contributed by atoms with van der Waals surface area (Å²) < 4.78 is 4.82. The fraction of sp³-hybridized carbons (Fsp3) is 0.448. The first-order chi connectivity index (χ1) is 19.6. The lowest BCUT2D eigenvalue weighted by Gasteiger charge is -2.43. The number of hydrogen-bond acceptors (Lipinski definition) is 6. The maximum Gasteiger partial charge on any atom is 0.330 e. The lowest BCUT2D eigenvalue weighted by Crippen LogP contribution is -2.59. The van der Waals surface area contributed by atoms with Crippen LogP contribution in [0.15, 0.2) is 48.5 Å². The maximum atomic E-state index is 13.7. The molecule has 2 saturated heterocycles. The molecule has 2 aromatic carbocycles. The van der Waals surface area contributed by atoms with E-state index in [1.165, 1.54) is 19.2 Å². The van der Waals surface area contributed by atoms with Gasteiger partial charge < -0.3 is 30.1 Å². The molecular formula is C29H35Cl2N5O5. The Morgan fingerprint density at radius 1 is 1.00 bits per heavy atom. The molecule has 2 N–H and O–H groups in total. The van der Waals surface area contributed by atoms with Crippen LogP contribution in [0.3, 0.4) is 0 Å². The predicted octanol–water partition coefficient (Wildman–Crippen LogP) is 3.77. The second kappa shape index (κ2) is 13.0. The van der Waals surface area contributed by atoms with Crippen molar-refractivity contribution in [1.29, 1.82) is 0 Å². The highest BCUT2D eigenvalue weighted by atomic mass is 35.5. The Balaban J connectivity index is 1.41. The Morgan fingerprint density at radius 2 is 1.63 bits per heavy atom. The summed E-state index contributed by atoms with van der Waals surface area (Å²) in [5.74, 6) is -0.992. The minimum atomic E-state index is -1.17. The molecule has 0 aromatic heterocycles. The fourth-order valence-electron chi connectivity index (χ4n) is 5.44. The van der Waals surface area contributed by atoms with Crippen LogP contribution in [0, 0.1) is 5.92 Å². The van der Waals surface area contributed by atoms with Crippen molar-refractivity contribution in [3.8, 4) is 0 Å². The average molecular weight is 605 g/mol. The van der Waals surface area contributed by atoms with Crippen LogP contribution >= 0.6 is 23.2 Å². The van der Waals surface area contributed by atoms with Gasteiger partial charge in [-0.3, -0.25) is 9.59 Å². The molecule has 0 saturated carbocycles. The van der Waals surface area contributed by atoms with Crippen LogP contribution in [0.5, 0.6) is 0 Å². The highest BCUT2D eigenvalue weighted by molar-refractivity contribution is 6.39. The fourth-order valence-corrected chi connectivity index (χ4v) is 6.01. The summed E-state index contributed by atoms with van der Waals surface area (Å²) in [7, 11) is 1.19. The topological polar surface area (TPSA) is 111 Å². The standard InChI is InChI=1S/C29H35Cl2N5O5/c1-19(2)17-35-18-36(20-8-5-4-6-9-20)29(27(35)39)12-14-34(15-13-29)28(40)32-16-23(26(38)41-3)33-25(37)24-21(30)10-7-11-22(24)31/h4-11,19,23H,12-18H2,1-3H3,(H,32,40)(H,33,37)/t23-/m0/s1. The Morgan fingerprint density at radius 3 is 2.22 bits per heavy atom. The first-order valence-electron chi connectivity index (χ1n) is 13.5.